The molecule has 3 aromatic heterocycles. The zero-order valence-corrected chi connectivity index (χ0v) is 39.5. The van der Waals surface area contributed by atoms with Crippen LogP contribution in [0.3, 0.4) is 0 Å². The number of rotatable bonds is 6. The highest BCUT2D eigenvalue weighted by Crippen LogP contribution is 2.50. The number of fused-ring (bicyclic) bond motifs is 13. The van der Waals surface area contributed by atoms with Gasteiger partial charge in [-0.15, -0.1) is 0 Å². The Labute approximate surface area is 400 Å². The van der Waals surface area contributed by atoms with Gasteiger partial charge in [-0.05, 0) is 113 Å². The molecule has 68 heavy (non-hydrogen) atoms. The van der Waals surface area contributed by atoms with E-state index < -0.39 is 0 Å². The molecule has 0 atom stereocenters. The largest absolute Gasteiger partial charge is 0.456 e. The Morgan fingerprint density at radius 2 is 1.07 bits per heavy atom. The van der Waals surface area contributed by atoms with Gasteiger partial charge < -0.3 is 18.5 Å². The van der Waals surface area contributed by atoms with E-state index in [1.165, 1.54) is 109 Å². The minimum atomic E-state index is -0.108. The third-order valence-electron chi connectivity index (χ3n) is 14.9. The van der Waals surface area contributed by atoms with Crippen LogP contribution in [0.15, 0.2) is 196 Å². The van der Waals surface area contributed by atoms with Gasteiger partial charge in [0.1, 0.15) is 11.2 Å². The number of aryl methyl sites for hydroxylation is 1. The van der Waals surface area contributed by atoms with Crippen molar-refractivity contribution in [2.45, 2.75) is 62.2 Å². The van der Waals surface area contributed by atoms with Crippen molar-refractivity contribution in [3.63, 3.8) is 0 Å². The van der Waals surface area contributed by atoms with E-state index in [9.17, 15) is 0 Å². The molecule has 2 aliphatic rings. The first kappa shape index (κ1) is 39.7. The van der Waals surface area contributed by atoms with Gasteiger partial charge >= 0.3 is 0 Å². The Morgan fingerprint density at radius 3 is 1.68 bits per heavy atom. The van der Waals surface area contributed by atoms with Crippen molar-refractivity contribution in [3.8, 4) is 11.4 Å². The van der Waals surface area contributed by atoms with E-state index in [2.05, 4.69) is 224 Å². The van der Waals surface area contributed by atoms with E-state index >= 15 is 0 Å². The van der Waals surface area contributed by atoms with Crippen molar-refractivity contribution in [1.29, 1.82) is 0 Å². The molecule has 12 aromatic rings. The number of aromatic nitrogens is 2. The summed E-state index contributed by atoms with van der Waals surface area (Å²) in [6, 6.07) is 68.2. The van der Waals surface area contributed by atoms with Crippen molar-refractivity contribution < 1.29 is 4.42 Å². The van der Waals surface area contributed by atoms with Crippen LogP contribution in [0.2, 0.25) is 0 Å². The van der Waals surface area contributed by atoms with E-state index in [4.69, 9.17) is 4.42 Å². The summed E-state index contributed by atoms with van der Waals surface area (Å²) in [5.41, 5.74) is 19.3. The highest BCUT2D eigenvalue weighted by atomic mass is 32.2. The summed E-state index contributed by atoms with van der Waals surface area (Å²) in [5.74, 6) is 0. The summed E-state index contributed by atoms with van der Waals surface area (Å²) >= 11 is 1.94. The second-order valence-corrected chi connectivity index (χ2v) is 21.0. The lowest BCUT2D eigenvalue weighted by Crippen LogP contribution is -2.60. The number of unbranched alkanes of at least 4 members (excludes halogenated alkanes) is 1. The maximum Gasteiger partial charge on any atom is 0.249 e. The van der Waals surface area contributed by atoms with Gasteiger partial charge in [0.25, 0.3) is 0 Å². The molecule has 0 spiro atoms. The van der Waals surface area contributed by atoms with Gasteiger partial charge in [0.15, 0.2) is 0 Å². The standard InChI is InChI=1S/C62H48BN3OS/c1-5-6-17-38-28-33-56-59(46-22-11-16-27-55(46)67-56)61(38)66-53-36-40(64-49-23-12-7-18-42(49)43-19-8-13-24-50(43)64)29-31-47(53)63-48-32-30-41(65-51-25-14-9-20-44(51)45-21-10-15-26-52(45)65)37-57(48)68-58-35-39(62(2,3)4)34-54(66)60(58)63/h7-16,18-37H,5-6,17H2,1-4H3. The Bertz CT molecular complexity index is 3960. The molecule has 2 aliphatic heterocycles. The Kier molecular flexibility index (Phi) is 8.65. The van der Waals surface area contributed by atoms with E-state index in [-0.39, 0.29) is 12.1 Å². The van der Waals surface area contributed by atoms with Gasteiger partial charge in [0, 0.05) is 59.5 Å². The average molecular weight is 894 g/mol. The fourth-order valence-corrected chi connectivity index (χ4v) is 13.0. The molecular formula is C62H48BN3OS. The molecule has 14 rings (SSSR count). The number of furan rings is 1. The normalized spacial score (nSPS) is 13.4. The first-order valence-electron chi connectivity index (χ1n) is 24.2. The lowest BCUT2D eigenvalue weighted by atomic mass is 9.34. The van der Waals surface area contributed by atoms with Crippen molar-refractivity contribution >= 4 is 117 Å². The van der Waals surface area contributed by atoms with Gasteiger partial charge in [-0.3, -0.25) is 0 Å². The van der Waals surface area contributed by atoms with Crippen molar-refractivity contribution in [2.24, 2.45) is 0 Å². The van der Waals surface area contributed by atoms with Crippen LogP contribution in [0.25, 0.3) is 76.9 Å². The fourth-order valence-electron chi connectivity index (χ4n) is 11.7. The van der Waals surface area contributed by atoms with Gasteiger partial charge in [0.05, 0.1) is 33.1 Å². The molecule has 0 radical (unpaired) electrons. The summed E-state index contributed by atoms with van der Waals surface area (Å²) in [6.07, 6.45) is 3.17. The zero-order valence-electron chi connectivity index (χ0n) is 38.7. The average Bonchev–Trinajstić information content (AvgIpc) is 4.03. The summed E-state index contributed by atoms with van der Waals surface area (Å²) in [5, 5.41) is 7.40. The van der Waals surface area contributed by atoms with Crippen LogP contribution < -0.4 is 21.3 Å². The molecule has 5 heterocycles. The molecule has 0 saturated carbocycles. The lowest BCUT2D eigenvalue weighted by Gasteiger charge is -2.42. The minimum Gasteiger partial charge on any atom is -0.456 e. The molecule has 0 saturated heterocycles. The summed E-state index contributed by atoms with van der Waals surface area (Å²) in [6.45, 7) is 9.39. The second-order valence-electron chi connectivity index (χ2n) is 19.9. The number of hydrogen-bond acceptors (Lipinski definition) is 3. The zero-order chi connectivity index (χ0) is 45.4. The first-order valence-corrected chi connectivity index (χ1v) is 25.0. The molecule has 9 aromatic carbocycles. The van der Waals surface area contributed by atoms with Crippen LogP contribution in [0.5, 0.6) is 0 Å². The molecule has 0 aliphatic carbocycles. The molecule has 0 amide bonds. The molecule has 0 N–H and O–H groups in total. The third kappa shape index (κ3) is 5.70. The summed E-state index contributed by atoms with van der Waals surface area (Å²) < 4.78 is 11.7. The number of anilines is 3. The van der Waals surface area contributed by atoms with E-state index in [1.54, 1.807) is 0 Å². The summed E-state index contributed by atoms with van der Waals surface area (Å²) in [7, 11) is 0. The maximum absolute atomic E-state index is 6.76. The second kappa shape index (κ2) is 14.8. The highest BCUT2D eigenvalue weighted by Gasteiger charge is 2.43. The van der Waals surface area contributed by atoms with Gasteiger partial charge in [-0.1, -0.05) is 161 Å². The van der Waals surface area contributed by atoms with E-state index in [0.717, 1.165) is 41.5 Å². The molecule has 326 valence electrons. The fraction of sp³-hybridized carbons (Fsp3) is 0.129. The molecule has 0 unspecified atom stereocenters. The predicted octanol–water partition coefficient (Wildman–Crippen LogP) is 15.2. The highest BCUT2D eigenvalue weighted by molar-refractivity contribution is 8.00. The Hall–Kier alpha value is -7.41. The predicted molar refractivity (Wildman–Crippen MR) is 290 cm³/mol. The molecule has 0 fully saturated rings. The third-order valence-corrected chi connectivity index (χ3v) is 16.0. The number of hydrogen-bond donors (Lipinski definition) is 0. The van der Waals surface area contributed by atoms with Crippen LogP contribution >= 0.6 is 11.8 Å². The topological polar surface area (TPSA) is 26.2 Å². The lowest BCUT2D eigenvalue weighted by molar-refractivity contribution is 0.589. The first-order chi connectivity index (χ1) is 33.3. The molecule has 4 nitrogen and oxygen atoms in total. The van der Waals surface area contributed by atoms with Crippen molar-refractivity contribution in [2.75, 3.05) is 4.90 Å². The van der Waals surface area contributed by atoms with E-state index in [0.29, 0.717) is 0 Å². The van der Waals surface area contributed by atoms with Crippen LogP contribution in [0, 0.1) is 0 Å². The quantitative estimate of drug-likeness (QED) is 0.156. The molecule has 0 bridgehead atoms. The smallest absolute Gasteiger partial charge is 0.249 e. The molecule has 6 heteroatoms. The van der Waals surface area contributed by atoms with Crippen LogP contribution in [-0.2, 0) is 11.8 Å². The Morgan fingerprint density at radius 1 is 0.515 bits per heavy atom. The van der Waals surface area contributed by atoms with Gasteiger partial charge in [0.2, 0.25) is 6.71 Å². The SMILES string of the molecule is CCCCc1ccc2oc3ccccc3c2c1N1c2cc(-n3c4ccccc4c4ccccc43)ccc2B2c3ccc(-n4c5ccccc5c5ccccc54)cc3Sc3cc(C(C)(C)C)cc1c32. The molecular weight excluding hydrogens is 846 g/mol. The van der Waals surface area contributed by atoms with Crippen LogP contribution in [0.4, 0.5) is 17.1 Å². The number of para-hydroxylation sites is 5. The van der Waals surface area contributed by atoms with Crippen molar-refractivity contribution in [3.05, 3.63) is 193 Å². The van der Waals surface area contributed by atoms with Gasteiger partial charge in [-0.25, -0.2) is 0 Å². The number of nitrogens with zero attached hydrogens (tertiary/aromatic N) is 3. The maximum atomic E-state index is 6.76. The van der Waals surface area contributed by atoms with Crippen LogP contribution in [0.1, 0.15) is 51.7 Å². The number of benzene rings is 9. The summed E-state index contributed by atoms with van der Waals surface area (Å²) in [4.78, 5) is 5.30. The minimum absolute atomic E-state index is 0.00954. The van der Waals surface area contributed by atoms with Gasteiger partial charge in [-0.2, -0.15) is 0 Å². The van der Waals surface area contributed by atoms with Crippen molar-refractivity contribution in [1.82, 2.24) is 9.13 Å². The van der Waals surface area contributed by atoms with E-state index in [1.807, 2.05) is 11.8 Å². The Balaban J connectivity index is 1.09. The monoisotopic (exact) mass is 893 g/mol. The van der Waals surface area contributed by atoms with Crippen LogP contribution in [-0.4, -0.2) is 15.8 Å².